The summed E-state index contributed by atoms with van der Waals surface area (Å²) in [5, 5.41) is 2.90. The molecule has 0 heterocycles. The number of nitrogens with one attached hydrogen (secondary N) is 1. The topological polar surface area (TPSA) is 41.6 Å². The molecule has 134 valence electrons. The second-order valence-electron chi connectivity index (χ2n) is 6.11. The number of amides is 1. The largest absolute Gasteiger partial charge is 0.484 e. The lowest BCUT2D eigenvalue weighted by molar-refractivity contribution is -0.123. The Kier molecular flexibility index (Phi) is 7.48. The maximum absolute atomic E-state index is 11.9. The molecule has 0 saturated heterocycles. The van der Waals surface area contributed by atoms with Crippen molar-refractivity contribution in [3.63, 3.8) is 0 Å². The van der Waals surface area contributed by atoms with E-state index in [1.165, 1.54) is 5.56 Å². The van der Waals surface area contributed by atoms with Gasteiger partial charge in [0.05, 0.1) is 0 Å². The second kappa shape index (κ2) is 9.84. The molecule has 0 unspecified atom stereocenters. The number of carbonyl (C=O) groups is 1. The molecule has 0 spiro atoms. The van der Waals surface area contributed by atoms with Crippen molar-refractivity contribution in [1.29, 1.82) is 0 Å². The summed E-state index contributed by atoms with van der Waals surface area (Å²) in [4.78, 5) is 14.3. The molecule has 4 heteroatoms. The first-order chi connectivity index (χ1) is 12.1. The molecule has 4 nitrogen and oxygen atoms in total. The van der Waals surface area contributed by atoms with Crippen LogP contribution in [0.1, 0.15) is 30.5 Å². The van der Waals surface area contributed by atoms with Crippen molar-refractivity contribution < 1.29 is 9.53 Å². The van der Waals surface area contributed by atoms with Crippen molar-refractivity contribution in [1.82, 2.24) is 10.2 Å². The average Bonchev–Trinajstić information content (AvgIpc) is 2.64. The van der Waals surface area contributed by atoms with E-state index in [0.717, 1.165) is 36.5 Å². The highest BCUT2D eigenvalue weighted by atomic mass is 16.5. The highest BCUT2D eigenvalue weighted by Gasteiger charge is 2.05. The van der Waals surface area contributed by atoms with E-state index in [-0.39, 0.29) is 12.5 Å². The predicted octanol–water partition coefficient (Wildman–Crippen LogP) is 3.53. The highest BCUT2D eigenvalue weighted by Crippen LogP contribution is 2.15. The zero-order valence-electron chi connectivity index (χ0n) is 15.4. The normalized spacial score (nSPS) is 10.7. The first-order valence-electron chi connectivity index (χ1n) is 8.87. The van der Waals surface area contributed by atoms with Gasteiger partial charge in [-0.2, -0.15) is 0 Å². The van der Waals surface area contributed by atoms with Crippen LogP contribution < -0.4 is 10.1 Å². The van der Waals surface area contributed by atoms with E-state index in [0.29, 0.717) is 6.54 Å². The molecule has 1 amide bonds. The summed E-state index contributed by atoms with van der Waals surface area (Å²) >= 11 is 0. The Morgan fingerprint density at radius 3 is 2.28 bits per heavy atom. The van der Waals surface area contributed by atoms with Crippen molar-refractivity contribution in [3.05, 3.63) is 65.2 Å². The molecule has 0 aromatic heterocycles. The molecule has 0 radical (unpaired) electrons. The van der Waals surface area contributed by atoms with Crippen LogP contribution in [-0.2, 0) is 17.9 Å². The maximum atomic E-state index is 11.9. The van der Waals surface area contributed by atoms with Gasteiger partial charge in [-0.15, -0.1) is 0 Å². The first-order valence-corrected chi connectivity index (χ1v) is 8.87. The standard InChI is InChI=1S/C21H28N2O2/c1-4-23(5-2)15-19-12-10-18(11-13-19)14-22-21(24)16-25-20-9-7-6-8-17(20)3/h6-13H,4-5,14-16H2,1-3H3,(H,22,24). The van der Waals surface area contributed by atoms with Crippen LogP contribution in [0.3, 0.4) is 0 Å². The van der Waals surface area contributed by atoms with E-state index in [9.17, 15) is 4.79 Å². The Hall–Kier alpha value is -2.33. The molecule has 1 N–H and O–H groups in total. The van der Waals surface area contributed by atoms with Crippen LogP contribution in [0.2, 0.25) is 0 Å². The summed E-state index contributed by atoms with van der Waals surface area (Å²) in [5.41, 5.74) is 3.41. The minimum absolute atomic E-state index is 0.0326. The Balaban J connectivity index is 1.77. The molecule has 0 saturated carbocycles. The molecule has 2 aromatic carbocycles. The number of para-hydroxylation sites is 1. The fourth-order valence-corrected chi connectivity index (χ4v) is 2.58. The molecule has 2 rings (SSSR count). The van der Waals surface area contributed by atoms with Crippen LogP contribution in [0, 0.1) is 6.92 Å². The van der Waals surface area contributed by atoms with Crippen LogP contribution in [0.4, 0.5) is 0 Å². The summed E-state index contributed by atoms with van der Waals surface area (Å²) in [6.45, 7) is 9.92. The van der Waals surface area contributed by atoms with Gasteiger partial charge in [0.1, 0.15) is 5.75 Å². The molecular weight excluding hydrogens is 312 g/mol. The SMILES string of the molecule is CCN(CC)Cc1ccc(CNC(=O)COc2ccccc2C)cc1. The van der Waals surface area contributed by atoms with Gasteiger partial charge in [0.25, 0.3) is 5.91 Å². The summed E-state index contributed by atoms with van der Waals surface area (Å²) < 4.78 is 5.56. The number of carbonyl (C=O) groups excluding carboxylic acids is 1. The van der Waals surface area contributed by atoms with Crippen molar-refractivity contribution in [2.75, 3.05) is 19.7 Å². The van der Waals surface area contributed by atoms with Gasteiger partial charge in [0.15, 0.2) is 6.61 Å². The van der Waals surface area contributed by atoms with Crippen LogP contribution in [0.15, 0.2) is 48.5 Å². The molecule has 2 aromatic rings. The van der Waals surface area contributed by atoms with Crippen molar-refractivity contribution in [3.8, 4) is 5.75 Å². The minimum Gasteiger partial charge on any atom is -0.484 e. The van der Waals surface area contributed by atoms with E-state index < -0.39 is 0 Å². The van der Waals surface area contributed by atoms with Gasteiger partial charge in [-0.25, -0.2) is 0 Å². The number of benzene rings is 2. The quantitative estimate of drug-likeness (QED) is 0.759. The Labute approximate surface area is 150 Å². The first kappa shape index (κ1) is 19.0. The third kappa shape index (κ3) is 6.24. The summed E-state index contributed by atoms with van der Waals surface area (Å²) in [7, 11) is 0. The number of nitrogens with zero attached hydrogens (tertiary/aromatic N) is 1. The fraction of sp³-hybridized carbons (Fsp3) is 0.381. The Morgan fingerprint density at radius 2 is 1.64 bits per heavy atom. The highest BCUT2D eigenvalue weighted by molar-refractivity contribution is 5.77. The lowest BCUT2D eigenvalue weighted by atomic mass is 10.1. The van der Waals surface area contributed by atoms with E-state index in [1.54, 1.807) is 0 Å². The van der Waals surface area contributed by atoms with E-state index in [1.807, 2.05) is 31.2 Å². The number of aryl methyl sites for hydroxylation is 1. The van der Waals surface area contributed by atoms with Gasteiger partial charge < -0.3 is 10.1 Å². The second-order valence-corrected chi connectivity index (χ2v) is 6.11. The molecule has 0 bridgehead atoms. The van der Waals surface area contributed by atoms with E-state index in [2.05, 4.69) is 48.3 Å². The maximum Gasteiger partial charge on any atom is 0.258 e. The number of ether oxygens (including phenoxy) is 1. The zero-order chi connectivity index (χ0) is 18.1. The Morgan fingerprint density at radius 1 is 1.00 bits per heavy atom. The summed E-state index contributed by atoms with van der Waals surface area (Å²) in [6.07, 6.45) is 0. The zero-order valence-corrected chi connectivity index (χ0v) is 15.4. The summed E-state index contributed by atoms with van der Waals surface area (Å²) in [5.74, 6) is 0.633. The minimum atomic E-state index is -0.115. The molecule has 0 atom stereocenters. The van der Waals surface area contributed by atoms with Crippen LogP contribution in [0.5, 0.6) is 5.75 Å². The van der Waals surface area contributed by atoms with Gasteiger partial charge in [0, 0.05) is 13.1 Å². The average molecular weight is 340 g/mol. The Bertz CT molecular complexity index is 664. The lowest BCUT2D eigenvalue weighted by Crippen LogP contribution is -2.28. The molecular formula is C21H28N2O2. The molecule has 0 fully saturated rings. The molecule has 25 heavy (non-hydrogen) atoms. The predicted molar refractivity (Wildman–Crippen MR) is 102 cm³/mol. The molecule has 0 aliphatic rings. The van der Waals surface area contributed by atoms with Crippen LogP contribution in [0.25, 0.3) is 0 Å². The number of hydrogen-bond donors (Lipinski definition) is 1. The van der Waals surface area contributed by atoms with Gasteiger partial charge >= 0.3 is 0 Å². The third-order valence-electron chi connectivity index (χ3n) is 4.27. The monoisotopic (exact) mass is 340 g/mol. The lowest BCUT2D eigenvalue weighted by Gasteiger charge is -2.18. The van der Waals surface area contributed by atoms with Crippen LogP contribution in [-0.4, -0.2) is 30.5 Å². The third-order valence-corrected chi connectivity index (χ3v) is 4.27. The van der Waals surface area contributed by atoms with E-state index in [4.69, 9.17) is 4.74 Å². The van der Waals surface area contributed by atoms with Gasteiger partial charge in [-0.05, 0) is 42.8 Å². The summed E-state index contributed by atoms with van der Waals surface area (Å²) in [6, 6.07) is 16.1. The van der Waals surface area contributed by atoms with Crippen molar-refractivity contribution in [2.45, 2.75) is 33.9 Å². The molecule has 0 aliphatic heterocycles. The van der Waals surface area contributed by atoms with Gasteiger partial charge in [-0.1, -0.05) is 56.3 Å². The van der Waals surface area contributed by atoms with Crippen molar-refractivity contribution >= 4 is 5.91 Å². The smallest absolute Gasteiger partial charge is 0.258 e. The van der Waals surface area contributed by atoms with Gasteiger partial charge in [-0.3, -0.25) is 9.69 Å². The van der Waals surface area contributed by atoms with Gasteiger partial charge in [0.2, 0.25) is 0 Å². The number of rotatable bonds is 9. The fourth-order valence-electron chi connectivity index (χ4n) is 2.58. The van der Waals surface area contributed by atoms with E-state index >= 15 is 0 Å². The number of hydrogen-bond acceptors (Lipinski definition) is 3. The molecule has 0 aliphatic carbocycles. The van der Waals surface area contributed by atoms with Crippen LogP contribution >= 0.6 is 0 Å². The van der Waals surface area contributed by atoms with Crippen molar-refractivity contribution in [2.24, 2.45) is 0 Å².